The molecule has 1 fully saturated rings. The molecule has 1 N–H and O–H groups in total. The van der Waals surface area contributed by atoms with Gasteiger partial charge < -0.3 is 5.32 Å². The molecule has 3 atom stereocenters. The van der Waals surface area contributed by atoms with Crippen molar-refractivity contribution in [3.63, 3.8) is 0 Å². The Kier molecular flexibility index (Phi) is 6.28. The summed E-state index contributed by atoms with van der Waals surface area (Å²) in [6, 6.07) is -0.0497. The highest BCUT2D eigenvalue weighted by Gasteiger charge is 2.38. The van der Waals surface area contributed by atoms with Crippen LogP contribution in [0.15, 0.2) is 6.20 Å². The second kappa shape index (κ2) is 7.57. The van der Waals surface area contributed by atoms with Crippen molar-refractivity contribution in [2.75, 3.05) is 18.1 Å². The van der Waals surface area contributed by atoms with Crippen molar-refractivity contribution < 1.29 is 13.2 Å². The van der Waals surface area contributed by atoms with Gasteiger partial charge in [-0.3, -0.25) is 0 Å². The van der Waals surface area contributed by atoms with Crippen LogP contribution in [0.4, 0.5) is 13.2 Å². The molecule has 1 saturated heterocycles. The van der Waals surface area contributed by atoms with E-state index in [2.05, 4.69) is 17.2 Å². The standard InChI is InChI=1S/C13H19F3N2S3/c1-3-8-11(20-6-5-19-8)10(17-4-2)9-7-18-12(21-9)13(14,15)16/h7-8,10-11,17H,3-6H2,1-2H3. The molecule has 120 valence electrons. The van der Waals surface area contributed by atoms with Gasteiger partial charge in [-0.15, -0.1) is 11.3 Å². The fourth-order valence-electron chi connectivity index (χ4n) is 2.41. The molecular formula is C13H19F3N2S3. The minimum Gasteiger partial charge on any atom is -0.309 e. The van der Waals surface area contributed by atoms with Gasteiger partial charge in [-0.05, 0) is 13.0 Å². The molecule has 0 saturated carbocycles. The molecule has 8 heteroatoms. The minimum atomic E-state index is -4.35. The first-order valence-corrected chi connectivity index (χ1v) is 9.88. The van der Waals surface area contributed by atoms with Gasteiger partial charge in [0.25, 0.3) is 0 Å². The van der Waals surface area contributed by atoms with Crippen molar-refractivity contribution in [1.29, 1.82) is 0 Å². The van der Waals surface area contributed by atoms with Crippen molar-refractivity contribution in [1.82, 2.24) is 10.3 Å². The molecule has 2 heterocycles. The minimum absolute atomic E-state index is 0.0497. The SMILES string of the molecule is CCNC(c1cnc(C(F)(F)F)s1)C1SCCSC1CC. The normalized spacial score (nSPS) is 25.0. The Morgan fingerprint density at radius 3 is 2.62 bits per heavy atom. The summed E-state index contributed by atoms with van der Waals surface area (Å²) in [6.07, 6.45) is -1.92. The van der Waals surface area contributed by atoms with Crippen molar-refractivity contribution in [2.24, 2.45) is 0 Å². The zero-order valence-electron chi connectivity index (χ0n) is 11.9. The third-order valence-corrected chi connectivity index (χ3v) is 7.80. The molecule has 2 nitrogen and oxygen atoms in total. The maximum absolute atomic E-state index is 12.8. The van der Waals surface area contributed by atoms with Crippen LogP contribution in [0.25, 0.3) is 0 Å². The van der Waals surface area contributed by atoms with Gasteiger partial charge in [-0.2, -0.15) is 36.7 Å². The summed E-state index contributed by atoms with van der Waals surface area (Å²) in [5.74, 6) is 2.17. The summed E-state index contributed by atoms with van der Waals surface area (Å²) in [7, 11) is 0. The Balaban J connectivity index is 2.23. The van der Waals surface area contributed by atoms with Gasteiger partial charge >= 0.3 is 6.18 Å². The summed E-state index contributed by atoms with van der Waals surface area (Å²) in [6.45, 7) is 4.87. The van der Waals surface area contributed by atoms with E-state index < -0.39 is 11.2 Å². The van der Waals surface area contributed by atoms with Crippen LogP contribution in [0.5, 0.6) is 0 Å². The average Bonchev–Trinajstić information content (AvgIpc) is 2.94. The van der Waals surface area contributed by atoms with Gasteiger partial charge in [0.15, 0.2) is 5.01 Å². The summed E-state index contributed by atoms with van der Waals surface area (Å²) in [4.78, 5) is 4.27. The third kappa shape index (κ3) is 4.30. The molecule has 1 aromatic heterocycles. The first-order valence-electron chi connectivity index (χ1n) is 6.96. The van der Waals surface area contributed by atoms with Gasteiger partial charge in [0.1, 0.15) is 0 Å². The van der Waals surface area contributed by atoms with Crippen LogP contribution in [-0.2, 0) is 6.18 Å². The molecule has 0 spiro atoms. The fourth-order valence-corrected chi connectivity index (χ4v) is 6.64. The van der Waals surface area contributed by atoms with Crippen LogP contribution >= 0.6 is 34.9 Å². The van der Waals surface area contributed by atoms with E-state index in [4.69, 9.17) is 0 Å². The Hall–Kier alpha value is 0.0800. The Morgan fingerprint density at radius 2 is 2.05 bits per heavy atom. The second-order valence-electron chi connectivity index (χ2n) is 4.75. The topological polar surface area (TPSA) is 24.9 Å². The number of nitrogens with zero attached hydrogens (tertiary/aromatic N) is 1. The maximum Gasteiger partial charge on any atom is 0.443 e. The largest absolute Gasteiger partial charge is 0.443 e. The van der Waals surface area contributed by atoms with Gasteiger partial charge in [0.2, 0.25) is 0 Å². The van der Waals surface area contributed by atoms with E-state index in [0.29, 0.717) is 15.4 Å². The van der Waals surface area contributed by atoms with Crippen LogP contribution in [0.1, 0.15) is 36.2 Å². The van der Waals surface area contributed by atoms with E-state index in [0.717, 1.165) is 35.8 Å². The van der Waals surface area contributed by atoms with Gasteiger partial charge in [-0.1, -0.05) is 13.8 Å². The average molecular weight is 357 g/mol. The van der Waals surface area contributed by atoms with E-state index in [1.165, 1.54) is 6.20 Å². The molecule has 1 aromatic rings. The maximum atomic E-state index is 12.8. The Bertz CT molecular complexity index is 450. The van der Waals surface area contributed by atoms with Crippen LogP contribution < -0.4 is 5.32 Å². The highest BCUT2D eigenvalue weighted by molar-refractivity contribution is 8.07. The molecule has 21 heavy (non-hydrogen) atoms. The lowest BCUT2D eigenvalue weighted by molar-refractivity contribution is -0.137. The zero-order valence-corrected chi connectivity index (χ0v) is 14.4. The molecule has 1 aliphatic heterocycles. The molecule has 0 aromatic carbocycles. The zero-order chi connectivity index (χ0) is 15.5. The van der Waals surface area contributed by atoms with Crippen LogP contribution in [0.2, 0.25) is 0 Å². The lowest BCUT2D eigenvalue weighted by Gasteiger charge is -2.35. The number of hydrogen-bond acceptors (Lipinski definition) is 5. The molecule has 2 rings (SSSR count). The summed E-state index contributed by atoms with van der Waals surface area (Å²) < 4.78 is 38.3. The first kappa shape index (κ1) is 17.4. The van der Waals surface area contributed by atoms with Gasteiger partial charge in [-0.25, -0.2) is 4.98 Å². The number of thiazole rings is 1. The highest BCUT2D eigenvalue weighted by Crippen LogP contribution is 2.43. The molecular weight excluding hydrogens is 337 g/mol. The van der Waals surface area contributed by atoms with Gasteiger partial charge in [0.05, 0.1) is 6.04 Å². The number of aromatic nitrogens is 1. The number of rotatable bonds is 5. The smallest absolute Gasteiger partial charge is 0.309 e. The van der Waals surface area contributed by atoms with Gasteiger partial charge in [0, 0.05) is 33.1 Å². The predicted molar refractivity (Wildman–Crippen MR) is 86.3 cm³/mol. The van der Waals surface area contributed by atoms with E-state index in [9.17, 15) is 13.2 Å². The van der Waals surface area contributed by atoms with Crippen molar-refractivity contribution in [3.8, 4) is 0 Å². The predicted octanol–water partition coefficient (Wildman–Crippen LogP) is 4.44. The molecule has 0 aliphatic carbocycles. The Morgan fingerprint density at radius 1 is 1.33 bits per heavy atom. The third-order valence-electron chi connectivity index (χ3n) is 3.32. The molecule has 0 bridgehead atoms. The van der Waals surface area contributed by atoms with E-state index in [1.54, 1.807) is 0 Å². The first-order chi connectivity index (χ1) is 9.97. The van der Waals surface area contributed by atoms with Crippen LogP contribution in [0, 0.1) is 0 Å². The Labute approximate surface area is 135 Å². The summed E-state index contributed by atoms with van der Waals surface area (Å²) in [5.41, 5.74) is 0. The molecule has 0 radical (unpaired) electrons. The number of hydrogen-bond donors (Lipinski definition) is 1. The van der Waals surface area contributed by atoms with E-state index >= 15 is 0 Å². The molecule has 1 aliphatic rings. The summed E-state index contributed by atoms with van der Waals surface area (Å²) in [5, 5.41) is 3.40. The van der Waals surface area contributed by atoms with Crippen LogP contribution in [-0.4, -0.2) is 33.5 Å². The van der Waals surface area contributed by atoms with E-state index in [1.807, 2.05) is 30.4 Å². The number of thioether (sulfide) groups is 2. The second-order valence-corrected chi connectivity index (χ2v) is 8.45. The quantitative estimate of drug-likeness (QED) is 0.843. The van der Waals surface area contributed by atoms with Crippen molar-refractivity contribution in [2.45, 2.75) is 43.0 Å². The van der Waals surface area contributed by atoms with Crippen molar-refractivity contribution >= 4 is 34.9 Å². The molecule has 0 amide bonds. The molecule has 3 unspecified atom stereocenters. The summed E-state index contributed by atoms with van der Waals surface area (Å²) >= 11 is 4.58. The van der Waals surface area contributed by atoms with Crippen LogP contribution in [0.3, 0.4) is 0 Å². The van der Waals surface area contributed by atoms with E-state index in [-0.39, 0.29) is 6.04 Å². The van der Waals surface area contributed by atoms with Crippen molar-refractivity contribution in [3.05, 3.63) is 16.1 Å². The number of halogens is 3. The highest BCUT2D eigenvalue weighted by atomic mass is 32.2. The number of nitrogens with one attached hydrogen (secondary N) is 1. The number of alkyl halides is 3. The lowest BCUT2D eigenvalue weighted by Crippen LogP contribution is -2.38. The monoisotopic (exact) mass is 356 g/mol. The fraction of sp³-hybridized carbons (Fsp3) is 0.769. The lowest BCUT2D eigenvalue weighted by atomic mass is 10.1.